The number of aliphatic hydroxyl groups is 1. The summed E-state index contributed by atoms with van der Waals surface area (Å²) in [5, 5.41) is 48.6. The summed E-state index contributed by atoms with van der Waals surface area (Å²) in [4.78, 5) is 37.4. The lowest BCUT2D eigenvalue weighted by Gasteiger charge is -2.29. The summed E-state index contributed by atoms with van der Waals surface area (Å²) in [6.45, 7) is 5.79. The monoisotopic (exact) mass is 716 g/mol. The van der Waals surface area contributed by atoms with E-state index in [1.54, 1.807) is 67.5 Å². The Labute approximate surface area is 303 Å². The van der Waals surface area contributed by atoms with Crippen LogP contribution in [0.15, 0.2) is 71.7 Å². The Kier molecular flexibility index (Phi) is 15.3. The van der Waals surface area contributed by atoms with Crippen LogP contribution >= 0.6 is 0 Å². The largest absolute Gasteiger partial charge is 0.508 e. The number of anilines is 1. The number of benzodiazepines with no additional fused rings is 1. The Morgan fingerprint density at radius 1 is 1.02 bits per heavy atom. The van der Waals surface area contributed by atoms with Crippen LogP contribution in [0.5, 0.6) is 17.2 Å². The molecule has 1 aliphatic carbocycles. The minimum atomic E-state index is -0.854. The van der Waals surface area contributed by atoms with Crippen molar-refractivity contribution in [2.45, 2.75) is 52.1 Å². The molecule has 14 nitrogen and oxygen atoms in total. The summed E-state index contributed by atoms with van der Waals surface area (Å²) in [5.41, 5.74) is 2.68. The highest BCUT2D eigenvalue weighted by Gasteiger charge is 2.34. The van der Waals surface area contributed by atoms with Gasteiger partial charge in [-0.2, -0.15) is 0 Å². The smallest absolute Gasteiger partial charge is 0.290 e. The van der Waals surface area contributed by atoms with Gasteiger partial charge in [0.1, 0.15) is 35.5 Å². The number of aromatic hydroxyl groups is 1. The number of carbonyl (C=O) groups is 3. The third kappa shape index (κ3) is 11.7. The van der Waals surface area contributed by atoms with Crippen LogP contribution in [-0.2, 0) is 9.59 Å². The van der Waals surface area contributed by atoms with Crippen molar-refractivity contribution < 1.29 is 39.2 Å². The zero-order chi connectivity index (χ0) is 38.3. The van der Waals surface area contributed by atoms with Gasteiger partial charge >= 0.3 is 0 Å². The van der Waals surface area contributed by atoms with Crippen molar-refractivity contribution in [3.8, 4) is 17.2 Å². The van der Waals surface area contributed by atoms with E-state index in [0.717, 1.165) is 42.5 Å². The molecule has 0 spiro atoms. The molecule has 0 bridgehead atoms. The van der Waals surface area contributed by atoms with Crippen LogP contribution in [0.25, 0.3) is 0 Å². The third-order valence-electron chi connectivity index (χ3n) is 8.48. The molecule has 278 valence electrons. The minimum absolute atomic E-state index is 0.126. The fourth-order valence-corrected chi connectivity index (χ4v) is 5.87. The fraction of sp³-hybridized carbons (Fsp3) is 0.368. The molecule has 7 N–H and O–H groups in total. The molecule has 1 aliphatic heterocycles. The van der Waals surface area contributed by atoms with Crippen molar-refractivity contribution in [3.63, 3.8) is 0 Å². The summed E-state index contributed by atoms with van der Waals surface area (Å²) in [6.07, 6.45) is 4.39. The Morgan fingerprint density at radius 3 is 2.29 bits per heavy atom. The van der Waals surface area contributed by atoms with E-state index in [1.165, 1.54) is 6.92 Å². The predicted molar refractivity (Wildman–Crippen MR) is 199 cm³/mol. The van der Waals surface area contributed by atoms with E-state index in [-0.39, 0.29) is 54.8 Å². The number of benzene rings is 3. The standard InChI is InChI=1S/C19H28N2O4.C18H18N4O2.CH2O2/c1-14(22)20-10-11-21-18(23)15-6-5-9-17(12-15)25-13-19(2,24)16-7-3-4-8-16;1-11(19)22-16-8-7-14(24-2)9-15(16)18(21-10-17(22)20)12-3-5-13(23)6-4-12;2-1-3/h5-6,9,12,16,24H,3-4,7-8,10-11,13H2,1-2H3,(H,20,22)(H,21,23);3-9,19-20,23H,10H2,1-2H3;1H,(H,2,3). The van der Waals surface area contributed by atoms with Gasteiger partial charge in [-0.05, 0) is 93.3 Å². The maximum Gasteiger partial charge on any atom is 0.290 e. The molecular formula is C38H48N6O8. The molecule has 3 aromatic rings. The van der Waals surface area contributed by atoms with Gasteiger partial charge in [0.15, 0.2) is 0 Å². The number of amides is 2. The van der Waals surface area contributed by atoms with E-state index in [0.29, 0.717) is 35.9 Å². The highest BCUT2D eigenvalue weighted by Crippen LogP contribution is 2.34. The number of rotatable bonds is 10. The molecule has 1 heterocycles. The topological polar surface area (TPSA) is 218 Å². The predicted octanol–water partition coefficient (Wildman–Crippen LogP) is 4.61. The number of carbonyl (C=O) groups excluding carboxylic acids is 2. The average molecular weight is 717 g/mol. The zero-order valence-electron chi connectivity index (χ0n) is 29.9. The number of phenolic OH excluding ortho intramolecular Hbond substituents is 1. The van der Waals surface area contributed by atoms with Crippen molar-refractivity contribution >= 4 is 41.4 Å². The molecule has 52 heavy (non-hydrogen) atoms. The minimum Gasteiger partial charge on any atom is -0.508 e. The van der Waals surface area contributed by atoms with Crippen LogP contribution in [-0.4, -0.2) is 89.9 Å². The first kappa shape index (κ1) is 40.7. The second-order valence-electron chi connectivity index (χ2n) is 12.5. The number of hydrogen-bond acceptors (Lipinski definition) is 10. The number of carboxylic acid groups (broad SMARTS) is 1. The van der Waals surface area contributed by atoms with Gasteiger partial charge in [0.05, 0.1) is 30.7 Å². The SMILES string of the molecule is CC(=O)NCCNC(=O)c1cccc(OCC(C)(O)C2CCCC2)c1.COc1ccc2c(c1)C(c1ccc(O)cc1)=NCC(=N)N2C(C)=N.O=CO. The number of ether oxygens (including phenoxy) is 2. The number of fused-ring (bicyclic) bond motifs is 1. The van der Waals surface area contributed by atoms with E-state index in [4.69, 9.17) is 30.2 Å². The van der Waals surface area contributed by atoms with Gasteiger partial charge in [0.2, 0.25) is 5.91 Å². The normalized spacial score (nSPS) is 14.8. The summed E-state index contributed by atoms with van der Waals surface area (Å²) in [6, 6.07) is 19.2. The van der Waals surface area contributed by atoms with Crippen molar-refractivity contribution in [1.82, 2.24) is 10.6 Å². The second kappa shape index (κ2) is 19.6. The molecule has 2 amide bonds. The summed E-state index contributed by atoms with van der Waals surface area (Å²) >= 11 is 0. The first-order valence-corrected chi connectivity index (χ1v) is 16.8. The molecule has 5 rings (SSSR count). The number of nitrogens with zero attached hydrogens (tertiary/aromatic N) is 2. The second-order valence-corrected chi connectivity index (χ2v) is 12.5. The van der Waals surface area contributed by atoms with Gasteiger partial charge in [0.25, 0.3) is 12.4 Å². The molecule has 3 aromatic carbocycles. The van der Waals surface area contributed by atoms with Crippen LogP contribution < -0.4 is 25.0 Å². The molecule has 1 saturated carbocycles. The number of nitrogens with one attached hydrogen (secondary N) is 4. The Bertz CT molecular complexity index is 1740. The molecule has 1 unspecified atom stereocenters. The number of aliphatic imine (C=N–C) groups is 1. The van der Waals surface area contributed by atoms with Crippen LogP contribution in [0.2, 0.25) is 0 Å². The van der Waals surface area contributed by atoms with Crippen LogP contribution in [0.1, 0.15) is 67.9 Å². The lowest BCUT2D eigenvalue weighted by atomic mass is 9.88. The quantitative estimate of drug-likeness (QED) is 0.0674. The molecule has 0 radical (unpaired) electrons. The lowest BCUT2D eigenvalue weighted by Crippen LogP contribution is -2.39. The summed E-state index contributed by atoms with van der Waals surface area (Å²) in [5.74, 6) is 1.84. The molecular weight excluding hydrogens is 668 g/mol. The maximum absolute atomic E-state index is 12.1. The highest BCUT2D eigenvalue weighted by atomic mass is 16.5. The number of phenols is 1. The van der Waals surface area contributed by atoms with Crippen LogP contribution in [0.4, 0.5) is 5.69 Å². The van der Waals surface area contributed by atoms with E-state index in [9.17, 15) is 19.8 Å². The Hall–Kier alpha value is -5.76. The van der Waals surface area contributed by atoms with Gasteiger partial charge in [-0.3, -0.25) is 35.1 Å². The lowest BCUT2D eigenvalue weighted by molar-refractivity contribution is -0.123. The van der Waals surface area contributed by atoms with Crippen molar-refractivity contribution in [1.29, 1.82) is 10.8 Å². The van der Waals surface area contributed by atoms with Crippen LogP contribution in [0, 0.1) is 16.7 Å². The van der Waals surface area contributed by atoms with E-state index >= 15 is 0 Å². The van der Waals surface area contributed by atoms with Gasteiger partial charge in [-0.1, -0.05) is 18.9 Å². The van der Waals surface area contributed by atoms with Crippen molar-refractivity contribution in [2.75, 3.05) is 38.3 Å². The molecule has 1 fully saturated rings. The van der Waals surface area contributed by atoms with E-state index in [2.05, 4.69) is 15.6 Å². The fourth-order valence-electron chi connectivity index (χ4n) is 5.87. The number of hydrogen-bond donors (Lipinski definition) is 7. The summed E-state index contributed by atoms with van der Waals surface area (Å²) in [7, 11) is 1.59. The molecule has 14 heteroatoms. The Balaban J connectivity index is 0.000000261. The van der Waals surface area contributed by atoms with Crippen LogP contribution in [0.3, 0.4) is 0 Å². The highest BCUT2D eigenvalue weighted by molar-refractivity contribution is 6.25. The molecule has 2 aliphatic rings. The zero-order valence-corrected chi connectivity index (χ0v) is 29.9. The number of amidine groups is 2. The Morgan fingerprint density at radius 2 is 1.67 bits per heavy atom. The molecule has 1 atom stereocenters. The maximum atomic E-state index is 12.1. The van der Waals surface area contributed by atoms with E-state index in [1.807, 2.05) is 25.1 Å². The average Bonchev–Trinajstić information content (AvgIpc) is 3.63. The van der Waals surface area contributed by atoms with E-state index < -0.39 is 5.60 Å². The van der Waals surface area contributed by atoms with Gasteiger partial charge in [-0.25, -0.2) is 0 Å². The number of methoxy groups -OCH3 is 1. The van der Waals surface area contributed by atoms with Crippen molar-refractivity contribution in [3.05, 3.63) is 83.4 Å². The third-order valence-corrected chi connectivity index (χ3v) is 8.48. The van der Waals surface area contributed by atoms with Crippen molar-refractivity contribution in [2.24, 2.45) is 10.9 Å². The van der Waals surface area contributed by atoms with Gasteiger partial charge in [0, 0.05) is 36.7 Å². The molecule has 0 aromatic heterocycles. The first-order chi connectivity index (χ1) is 24.8. The van der Waals surface area contributed by atoms with Gasteiger partial charge in [-0.15, -0.1) is 0 Å². The molecule has 0 saturated heterocycles. The van der Waals surface area contributed by atoms with Gasteiger partial charge < -0.3 is 35.4 Å². The summed E-state index contributed by atoms with van der Waals surface area (Å²) < 4.78 is 11.1. The first-order valence-electron chi connectivity index (χ1n) is 16.8.